The fourth-order valence-electron chi connectivity index (χ4n) is 2.62. The molecule has 25 heavy (non-hydrogen) atoms. The second-order valence-electron chi connectivity index (χ2n) is 6.22. The van der Waals surface area contributed by atoms with Crippen LogP contribution in [0.25, 0.3) is 11.4 Å². The molecular weight excluding hydrogens is 358 g/mol. The molecule has 1 atom stereocenters. The number of thioether (sulfide) groups is 1. The maximum atomic E-state index is 12.4. The van der Waals surface area contributed by atoms with E-state index in [4.69, 9.17) is 0 Å². The van der Waals surface area contributed by atoms with E-state index in [1.54, 1.807) is 0 Å². The number of anilines is 1. The Kier molecular flexibility index (Phi) is 7.28. The Morgan fingerprint density at radius 1 is 1.40 bits per heavy atom. The molecule has 2 heterocycles. The van der Waals surface area contributed by atoms with E-state index < -0.39 is 0 Å². The molecule has 3 N–H and O–H groups in total. The lowest BCUT2D eigenvalue weighted by Crippen LogP contribution is -2.39. The number of aromatic nitrogens is 3. The Morgan fingerprint density at radius 2 is 2.20 bits per heavy atom. The molecule has 1 saturated heterocycles. The first-order chi connectivity index (χ1) is 11.6. The van der Waals surface area contributed by atoms with Gasteiger partial charge in [-0.15, -0.1) is 12.4 Å². The summed E-state index contributed by atoms with van der Waals surface area (Å²) in [4.78, 5) is 16.9. The van der Waals surface area contributed by atoms with Gasteiger partial charge < -0.3 is 10.6 Å². The zero-order chi connectivity index (χ0) is 16.9. The van der Waals surface area contributed by atoms with Crippen LogP contribution in [0.2, 0.25) is 0 Å². The maximum Gasteiger partial charge on any atom is 0.225 e. The zero-order valence-corrected chi connectivity index (χ0v) is 16.0. The van der Waals surface area contributed by atoms with Crippen LogP contribution in [-0.4, -0.2) is 45.2 Å². The molecule has 1 amide bonds. The number of para-hydroxylation sites is 1. The number of H-pyrrole nitrogens is 1. The molecule has 1 aliphatic heterocycles. The van der Waals surface area contributed by atoms with E-state index in [9.17, 15) is 4.79 Å². The Balaban J connectivity index is 0.00000225. The predicted molar refractivity (Wildman–Crippen MR) is 106 cm³/mol. The number of carbonyl (C=O) groups is 1. The first-order valence-electron chi connectivity index (χ1n) is 8.26. The van der Waals surface area contributed by atoms with E-state index in [1.165, 1.54) is 0 Å². The monoisotopic (exact) mass is 381 g/mol. The van der Waals surface area contributed by atoms with Crippen LogP contribution in [0.15, 0.2) is 24.3 Å². The summed E-state index contributed by atoms with van der Waals surface area (Å²) in [5.41, 5.74) is 1.58. The van der Waals surface area contributed by atoms with Gasteiger partial charge in [0.2, 0.25) is 5.91 Å². The number of halogens is 1. The van der Waals surface area contributed by atoms with Crippen molar-refractivity contribution < 1.29 is 4.79 Å². The predicted octanol–water partition coefficient (Wildman–Crippen LogP) is 3.05. The van der Waals surface area contributed by atoms with Gasteiger partial charge >= 0.3 is 0 Å². The normalized spacial score (nSPS) is 17.2. The molecule has 136 valence electrons. The van der Waals surface area contributed by atoms with Crippen molar-refractivity contribution in [2.45, 2.75) is 32.2 Å². The molecule has 0 bridgehead atoms. The highest BCUT2D eigenvalue weighted by molar-refractivity contribution is 7.99. The first kappa shape index (κ1) is 19.8. The van der Waals surface area contributed by atoms with E-state index >= 15 is 0 Å². The van der Waals surface area contributed by atoms with Crippen molar-refractivity contribution in [3.63, 3.8) is 0 Å². The van der Waals surface area contributed by atoms with Gasteiger partial charge in [0.15, 0.2) is 5.82 Å². The summed E-state index contributed by atoms with van der Waals surface area (Å²) in [5, 5.41) is 13.7. The highest BCUT2D eigenvalue weighted by Gasteiger charge is 2.18. The first-order valence-corrected chi connectivity index (χ1v) is 9.41. The summed E-state index contributed by atoms with van der Waals surface area (Å²) in [6.07, 6.45) is 0.479. The van der Waals surface area contributed by atoms with Gasteiger partial charge in [-0.2, -0.15) is 16.9 Å². The van der Waals surface area contributed by atoms with E-state index in [0.717, 1.165) is 35.1 Å². The number of benzene rings is 1. The fraction of sp³-hybridized carbons (Fsp3) is 0.471. The highest BCUT2D eigenvalue weighted by Crippen LogP contribution is 2.26. The van der Waals surface area contributed by atoms with Crippen molar-refractivity contribution >= 4 is 35.8 Å². The molecule has 1 aromatic carbocycles. The molecule has 6 nitrogen and oxygen atoms in total. The average Bonchev–Trinajstić information content (AvgIpc) is 3.06. The van der Waals surface area contributed by atoms with Gasteiger partial charge in [0.05, 0.1) is 5.69 Å². The SMILES string of the molecule is CC(C)c1nc(-c2ccccc2NC(=O)CC2CSCCN2)n[nH]1.Cl. The van der Waals surface area contributed by atoms with Gasteiger partial charge in [-0.1, -0.05) is 26.0 Å². The minimum absolute atomic E-state index is 0. The second-order valence-corrected chi connectivity index (χ2v) is 7.37. The zero-order valence-electron chi connectivity index (χ0n) is 14.4. The lowest BCUT2D eigenvalue weighted by Gasteiger charge is -2.22. The quantitative estimate of drug-likeness (QED) is 0.741. The molecule has 8 heteroatoms. The molecule has 0 spiro atoms. The summed E-state index contributed by atoms with van der Waals surface area (Å²) < 4.78 is 0. The van der Waals surface area contributed by atoms with Crippen molar-refractivity contribution in [3.8, 4) is 11.4 Å². The molecule has 0 radical (unpaired) electrons. The van der Waals surface area contributed by atoms with Crippen LogP contribution in [0.5, 0.6) is 0 Å². The smallest absolute Gasteiger partial charge is 0.225 e. The third kappa shape index (κ3) is 5.20. The molecule has 0 saturated carbocycles. The van der Waals surface area contributed by atoms with E-state index in [0.29, 0.717) is 12.2 Å². The highest BCUT2D eigenvalue weighted by atomic mass is 35.5. The molecule has 2 aromatic rings. The minimum Gasteiger partial charge on any atom is -0.325 e. The topological polar surface area (TPSA) is 82.7 Å². The van der Waals surface area contributed by atoms with Gasteiger partial charge in [0.25, 0.3) is 0 Å². The standard InChI is InChI=1S/C17H23N5OS.ClH/c1-11(2)16-20-17(22-21-16)13-5-3-4-6-14(13)19-15(23)9-12-10-24-8-7-18-12;/h3-6,11-12,18H,7-10H2,1-2H3,(H,19,23)(H,20,21,22);1H. The third-order valence-electron chi connectivity index (χ3n) is 3.92. The number of aromatic amines is 1. The average molecular weight is 382 g/mol. The van der Waals surface area contributed by atoms with Crippen molar-refractivity contribution in [1.29, 1.82) is 0 Å². The lowest BCUT2D eigenvalue weighted by atomic mass is 10.1. The van der Waals surface area contributed by atoms with Crippen molar-refractivity contribution in [2.24, 2.45) is 0 Å². The van der Waals surface area contributed by atoms with E-state index in [-0.39, 0.29) is 30.3 Å². The van der Waals surface area contributed by atoms with Crippen LogP contribution < -0.4 is 10.6 Å². The van der Waals surface area contributed by atoms with Crippen LogP contribution in [0.3, 0.4) is 0 Å². The summed E-state index contributed by atoms with van der Waals surface area (Å²) in [7, 11) is 0. The Bertz CT molecular complexity index is 700. The maximum absolute atomic E-state index is 12.4. The molecule has 1 aromatic heterocycles. The number of carbonyl (C=O) groups excluding carboxylic acids is 1. The Morgan fingerprint density at radius 3 is 2.88 bits per heavy atom. The molecule has 1 aliphatic rings. The lowest BCUT2D eigenvalue weighted by molar-refractivity contribution is -0.116. The molecule has 1 fully saturated rings. The van der Waals surface area contributed by atoms with Gasteiger partial charge in [0.1, 0.15) is 5.82 Å². The van der Waals surface area contributed by atoms with Gasteiger partial charge in [-0.3, -0.25) is 9.89 Å². The summed E-state index contributed by atoms with van der Waals surface area (Å²) in [6, 6.07) is 7.89. The number of hydrogen-bond acceptors (Lipinski definition) is 5. The van der Waals surface area contributed by atoms with Gasteiger partial charge in [-0.25, -0.2) is 4.98 Å². The number of rotatable bonds is 5. The third-order valence-corrected chi connectivity index (χ3v) is 5.05. The van der Waals surface area contributed by atoms with Gasteiger partial charge in [0, 0.05) is 42.0 Å². The number of nitrogens with one attached hydrogen (secondary N) is 3. The largest absolute Gasteiger partial charge is 0.325 e. The number of amides is 1. The van der Waals surface area contributed by atoms with Crippen LogP contribution in [0.4, 0.5) is 5.69 Å². The minimum atomic E-state index is 0. The second kappa shape index (κ2) is 9.22. The van der Waals surface area contributed by atoms with Crippen molar-refractivity contribution in [2.75, 3.05) is 23.4 Å². The van der Waals surface area contributed by atoms with Gasteiger partial charge in [-0.05, 0) is 12.1 Å². The fourth-order valence-corrected chi connectivity index (χ4v) is 3.57. The van der Waals surface area contributed by atoms with E-state index in [2.05, 4.69) is 39.7 Å². The molecule has 3 rings (SSSR count). The summed E-state index contributed by atoms with van der Waals surface area (Å²) in [5.74, 6) is 3.85. The Hall–Kier alpha value is -1.57. The van der Waals surface area contributed by atoms with Crippen molar-refractivity contribution in [3.05, 3.63) is 30.1 Å². The van der Waals surface area contributed by atoms with Crippen LogP contribution >= 0.6 is 24.2 Å². The number of hydrogen-bond donors (Lipinski definition) is 3. The van der Waals surface area contributed by atoms with Crippen LogP contribution in [0, 0.1) is 0 Å². The van der Waals surface area contributed by atoms with Crippen LogP contribution in [0.1, 0.15) is 32.0 Å². The Labute approximate surface area is 158 Å². The number of nitrogens with zero attached hydrogens (tertiary/aromatic N) is 2. The summed E-state index contributed by atoms with van der Waals surface area (Å²) >= 11 is 1.89. The molecule has 1 unspecified atom stereocenters. The molecule has 0 aliphatic carbocycles. The van der Waals surface area contributed by atoms with Crippen molar-refractivity contribution in [1.82, 2.24) is 20.5 Å². The summed E-state index contributed by atoms with van der Waals surface area (Å²) in [6.45, 7) is 5.09. The van der Waals surface area contributed by atoms with E-state index in [1.807, 2.05) is 36.0 Å². The van der Waals surface area contributed by atoms with Crippen LogP contribution in [-0.2, 0) is 4.79 Å². The molecular formula is C17H24ClN5OS.